The third-order valence-corrected chi connectivity index (χ3v) is 3.09. The Labute approximate surface area is 125 Å². The first-order valence-corrected chi connectivity index (χ1v) is 7.31. The SMILES string of the molecule is CCCC(=O)Nc1ccc(NCCc2ccccc2)cn1. The van der Waals surface area contributed by atoms with Crippen molar-refractivity contribution in [2.75, 3.05) is 17.2 Å². The van der Waals surface area contributed by atoms with E-state index in [0.29, 0.717) is 12.2 Å². The molecule has 4 heteroatoms. The highest BCUT2D eigenvalue weighted by atomic mass is 16.1. The van der Waals surface area contributed by atoms with Gasteiger partial charge in [0.2, 0.25) is 5.91 Å². The summed E-state index contributed by atoms with van der Waals surface area (Å²) in [4.78, 5) is 15.7. The lowest BCUT2D eigenvalue weighted by Gasteiger charge is -2.08. The molecule has 2 N–H and O–H groups in total. The fourth-order valence-electron chi connectivity index (χ4n) is 2.00. The molecule has 1 amide bonds. The Morgan fingerprint density at radius 1 is 1.14 bits per heavy atom. The first kappa shape index (κ1) is 15.0. The molecule has 0 bridgehead atoms. The Kier molecular flexibility index (Phi) is 5.76. The van der Waals surface area contributed by atoms with Gasteiger partial charge in [0.05, 0.1) is 11.9 Å². The van der Waals surface area contributed by atoms with Crippen molar-refractivity contribution >= 4 is 17.4 Å². The fraction of sp³-hybridized carbons (Fsp3) is 0.294. The third kappa shape index (κ3) is 5.26. The normalized spacial score (nSPS) is 10.1. The van der Waals surface area contributed by atoms with Gasteiger partial charge in [-0.3, -0.25) is 4.79 Å². The minimum Gasteiger partial charge on any atom is -0.383 e. The van der Waals surface area contributed by atoms with Gasteiger partial charge in [0.25, 0.3) is 0 Å². The second kappa shape index (κ2) is 8.04. The van der Waals surface area contributed by atoms with Crippen LogP contribution >= 0.6 is 0 Å². The maximum Gasteiger partial charge on any atom is 0.225 e. The molecule has 110 valence electrons. The van der Waals surface area contributed by atoms with E-state index in [1.165, 1.54) is 5.56 Å². The zero-order valence-corrected chi connectivity index (χ0v) is 12.3. The molecule has 4 nitrogen and oxygen atoms in total. The van der Waals surface area contributed by atoms with Gasteiger partial charge >= 0.3 is 0 Å². The molecule has 1 aromatic carbocycles. The maximum absolute atomic E-state index is 11.5. The number of hydrogen-bond acceptors (Lipinski definition) is 3. The molecular formula is C17H21N3O. The van der Waals surface area contributed by atoms with E-state index in [-0.39, 0.29) is 5.91 Å². The van der Waals surface area contributed by atoms with Gasteiger partial charge in [0.1, 0.15) is 5.82 Å². The van der Waals surface area contributed by atoms with Crippen LogP contribution in [0.5, 0.6) is 0 Å². The molecule has 0 spiro atoms. The molecule has 0 saturated heterocycles. The summed E-state index contributed by atoms with van der Waals surface area (Å²) in [7, 11) is 0. The molecule has 0 unspecified atom stereocenters. The van der Waals surface area contributed by atoms with Crippen molar-refractivity contribution in [2.45, 2.75) is 26.2 Å². The smallest absolute Gasteiger partial charge is 0.225 e. The van der Waals surface area contributed by atoms with Crippen molar-refractivity contribution in [3.8, 4) is 0 Å². The van der Waals surface area contributed by atoms with Crippen LogP contribution in [0.2, 0.25) is 0 Å². The third-order valence-electron chi connectivity index (χ3n) is 3.09. The maximum atomic E-state index is 11.5. The molecule has 2 aromatic rings. The molecule has 0 aliphatic rings. The summed E-state index contributed by atoms with van der Waals surface area (Å²) in [6.07, 6.45) is 4.08. The molecule has 0 fully saturated rings. The summed E-state index contributed by atoms with van der Waals surface area (Å²) in [5.41, 5.74) is 2.26. The molecule has 0 atom stereocenters. The standard InChI is InChI=1S/C17H21N3O/c1-2-6-17(21)20-16-10-9-15(13-19-16)18-12-11-14-7-4-3-5-8-14/h3-5,7-10,13,18H,2,6,11-12H2,1H3,(H,19,20,21). The number of amides is 1. The fourth-order valence-corrected chi connectivity index (χ4v) is 2.00. The van der Waals surface area contributed by atoms with Gasteiger partial charge in [0, 0.05) is 13.0 Å². The zero-order chi connectivity index (χ0) is 14.9. The highest BCUT2D eigenvalue weighted by Gasteiger charge is 2.01. The topological polar surface area (TPSA) is 54.0 Å². The van der Waals surface area contributed by atoms with Crippen LogP contribution in [-0.2, 0) is 11.2 Å². The van der Waals surface area contributed by atoms with Gasteiger partial charge in [-0.2, -0.15) is 0 Å². The lowest BCUT2D eigenvalue weighted by molar-refractivity contribution is -0.116. The van der Waals surface area contributed by atoms with Crippen molar-refractivity contribution in [2.24, 2.45) is 0 Å². The van der Waals surface area contributed by atoms with Gasteiger partial charge in [-0.1, -0.05) is 37.3 Å². The van der Waals surface area contributed by atoms with E-state index in [2.05, 4.69) is 27.8 Å². The highest BCUT2D eigenvalue weighted by molar-refractivity contribution is 5.89. The number of carbonyl (C=O) groups is 1. The minimum atomic E-state index is 0.00906. The number of carbonyl (C=O) groups excluding carboxylic acids is 1. The van der Waals surface area contributed by atoms with Crippen LogP contribution in [0, 0.1) is 0 Å². The predicted molar refractivity (Wildman–Crippen MR) is 86.4 cm³/mol. The van der Waals surface area contributed by atoms with Crippen LogP contribution in [0.3, 0.4) is 0 Å². The zero-order valence-electron chi connectivity index (χ0n) is 12.3. The van der Waals surface area contributed by atoms with E-state index in [1.807, 2.05) is 37.3 Å². The largest absolute Gasteiger partial charge is 0.383 e. The lowest BCUT2D eigenvalue weighted by atomic mass is 10.1. The van der Waals surface area contributed by atoms with Crippen LogP contribution < -0.4 is 10.6 Å². The summed E-state index contributed by atoms with van der Waals surface area (Å²) in [6, 6.07) is 14.1. The Hall–Kier alpha value is -2.36. The highest BCUT2D eigenvalue weighted by Crippen LogP contribution is 2.10. The summed E-state index contributed by atoms with van der Waals surface area (Å²) >= 11 is 0. The van der Waals surface area contributed by atoms with E-state index >= 15 is 0 Å². The molecule has 0 saturated carbocycles. The molecule has 1 aromatic heterocycles. The summed E-state index contributed by atoms with van der Waals surface area (Å²) in [6.45, 7) is 2.83. The Balaban J connectivity index is 1.78. The average molecular weight is 283 g/mol. The lowest BCUT2D eigenvalue weighted by Crippen LogP contribution is -2.12. The molecule has 21 heavy (non-hydrogen) atoms. The Bertz CT molecular complexity index is 552. The van der Waals surface area contributed by atoms with Crippen LogP contribution in [-0.4, -0.2) is 17.4 Å². The molecule has 1 heterocycles. The van der Waals surface area contributed by atoms with E-state index in [1.54, 1.807) is 6.20 Å². The molecular weight excluding hydrogens is 262 g/mol. The van der Waals surface area contributed by atoms with Crippen molar-refractivity contribution < 1.29 is 4.79 Å². The molecule has 0 radical (unpaired) electrons. The summed E-state index contributed by atoms with van der Waals surface area (Å²) < 4.78 is 0. The molecule has 0 aliphatic heterocycles. The number of anilines is 2. The molecule has 2 rings (SSSR count). The first-order valence-electron chi connectivity index (χ1n) is 7.31. The van der Waals surface area contributed by atoms with Crippen LogP contribution in [0.15, 0.2) is 48.7 Å². The van der Waals surface area contributed by atoms with Gasteiger partial charge in [0.15, 0.2) is 0 Å². The van der Waals surface area contributed by atoms with Crippen molar-refractivity contribution in [3.63, 3.8) is 0 Å². The first-order chi connectivity index (χ1) is 10.3. The van der Waals surface area contributed by atoms with Crippen molar-refractivity contribution in [1.29, 1.82) is 0 Å². The quantitative estimate of drug-likeness (QED) is 0.818. The van der Waals surface area contributed by atoms with E-state index in [9.17, 15) is 4.79 Å². The monoisotopic (exact) mass is 283 g/mol. The minimum absolute atomic E-state index is 0.00906. The Morgan fingerprint density at radius 3 is 2.62 bits per heavy atom. The Morgan fingerprint density at radius 2 is 1.95 bits per heavy atom. The van der Waals surface area contributed by atoms with Crippen LogP contribution in [0.1, 0.15) is 25.3 Å². The summed E-state index contributed by atoms with van der Waals surface area (Å²) in [5.74, 6) is 0.608. The van der Waals surface area contributed by atoms with E-state index in [0.717, 1.165) is 25.1 Å². The van der Waals surface area contributed by atoms with Gasteiger partial charge in [-0.05, 0) is 30.5 Å². The van der Waals surface area contributed by atoms with Crippen molar-refractivity contribution in [3.05, 3.63) is 54.2 Å². The van der Waals surface area contributed by atoms with E-state index in [4.69, 9.17) is 0 Å². The second-order valence-corrected chi connectivity index (χ2v) is 4.89. The summed E-state index contributed by atoms with van der Waals surface area (Å²) in [5, 5.41) is 6.10. The van der Waals surface area contributed by atoms with Gasteiger partial charge in [-0.25, -0.2) is 4.98 Å². The van der Waals surface area contributed by atoms with Crippen molar-refractivity contribution in [1.82, 2.24) is 4.98 Å². The number of rotatable bonds is 7. The van der Waals surface area contributed by atoms with Gasteiger partial charge < -0.3 is 10.6 Å². The number of aromatic nitrogens is 1. The number of benzene rings is 1. The van der Waals surface area contributed by atoms with Crippen LogP contribution in [0.4, 0.5) is 11.5 Å². The van der Waals surface area contributed by atoms with Gasteiger partial charge in [-0.15, -0.1) is 0 Å². The number of nitrogens with one attached hydrogen (secondary N) is 2. The predicted octanol–water partition coefficient (Wildman–Crippen LogP) is 3.47. The molecule has 0 aliphatic carbocycles. The second-order valence-electron chi connectivity index (χ2n) is 4.89. The average Bonchev–Trinajstić information content (AvgIpc) is 2.50. The van der Waals surface area contributed by atoms with E-state index < -0.39 is 0 Å². The number of hydrogen-bond donors (Lipinski definition) is 2. The van der Waals surface area contributed by atoms with Crippen LogP contribution in [0.25, 0.3) is 0 Å². The number of pyridine rings is 1. The number of nitrogens with zero attached hydrogens (tertiary/aromatic N) is 1.